The molecule has 2 rings (SSSR count). The lowest BCUT2D eigenvalue weighted by atomic mass is 10.4. The van der Waals surface area contributed by atoms with Crippen molar-refractivity contribution in [1.82, 2.24) is 0 Å². The monoisotopic (exact) mass is 362 g/mol. The van der Waals surface area contributed by atoms with Crippen LogP contribution in [0.3, 0.4) is 0 Å². The summed E-state index contributed by atoms with van der Waals surface area (Å²) in [6, 6.07) is 13.8. The average Bonchev–Trinajstić information content (AvgIpc) is 2.48. The maximum absolute atomic E-state index is 11.8. The van der Waals surface area contributed by atoms with Gasteiger partial charge in [-0.05, 0) is 24.3 Å². The van der Waals surface area contributed by atoms with Gasteiger partial charge in [-0.1, -0.05) is 36.4 Å². The zero-order valence-corrected chi connectivity index (χ0v) is 13.6. The van der Waals surface area contributed by atoms with Gasteiger partial charge in [-0.2, -0.15) is 24.8 Å². The second-order valence-electron chi connectivity index (χ2n) is 3.95. The molecule has 0 aromatic heterocycles. The zero-order valence-electron chi connectivity index (χ0n) is 10.9. The summed E-state index contributed by atoms with van der Waals surface area (Å²) in [5.41, 5.74) is 0. The Morgan fingerprint density at radius 2 is 0.955 bits per heavy atom. The highest BCUT2D eigenvalue weighted by Crippen LogP contribution is 2.34. The Morgan fingerprint density at radius 1 is 0.636 bits per heavy atom. The molecule has 2 aromatic rings. The smallest absolute Gasteiger partial charge is 0.261 e. The topological polar surface area (TPSA) is 104 Å². The Kier molecular flexibility index (Phi) is 5.15. The van der Waals surface area contributed by atoms with E-state index in [1.165, 1.54) is 48.5 Å². The van der Waals surface area contributed by atoms with E-state index < -0.39 is 28.5 Å². The Balaban J connectivity index is 2.14. The number of hydrogen-bond donors (Lipinski definition) is 0. The van der Waals surface area contributed by atoms with E-state index >= 15 is 0 Å². The molecule has 0 aliphatic rings. The summed E-state index contributed by atoms with van der Waals surface area (Å²) < 4.78 is 67.4. The third kappa shape index (κ3) is 4.25. The van der Waals surface area contributed by atoms with Crippen LogP contribution in [0, 0.1) is 0 Å². The molecule has 0 heterocycles. The second kappa shape index (κ2) is 6.72. The van der Waals surface area contributed by atoms with Crippen molar-refractivity contribution in [2.24, 2.45) is 0 Å². The van der Waals surface area contributed by atoms with E-state index in [1.54, 1.807) is 12.1 Å². The number of benzene rings is 2. The molecule has 0 fully saturated rings. The highest BCUT2D eigenvalue weighted by atomic mass is 32.2. The molecule has 0 atom stereocenters. The SMILES string of the molecule is O=[PH](OS(=O)(=O)c1ccccc1)OS(=O)(=O)c1ccccc1. The first-order chi connectivity index (χ1) is 10.3. The molecule has 0 amide bonds. The van der Waals surface area contributed by atoms with Crippen LogP contribution >= 0.6 is 8.25 Å². The first kappa shape index (κ1) is 16.9. The predicted octanol–water partition coefficient (Wildman–Crippen LogP) is 2.19. The Bertz CT molecular complexity index is 789. The number of rotatable bonds is 6. The highest BCUT2D eigenvalue weighted by molar-refractivity contribution is 7.92. The first-order valence-corrected chi connectivity index (χ1v) is 9.88. The molecule has 0 bridgehead atoms. The van der Waals surface area contributed by atoms with Crippen LogP contribution in [0.25, 0.3) is 0 Å². The molecule has 10 heteroatoms. The summed E-state index contributed by atoms with van der Waals surface area (Å²) in [5.74, 6) is 0. The van der Waals surface area contributed by atoms with Gasteiger partial charge < -0.3 is 0 Å². The Morgan fingerprint density at radius 3 is 1.27 bits per heavy atom. The predicted molar refractivity (Wildman–Crippen MR) is 78.4 cm³/mol. The second-order valence-corrected chi connectivity index (χ2v) is 8.54. The van der Waals surface area contributed by atoms with Crippen molar-refractivity contribution in [2.45, 2.75) is 9.79 Å². The van der Waals surface area contributed by atoms with Crippen LogP contribution in [0.4, 0.5) is 0 Å². The zero-order chi connectivity index (χ0) is 16.2. The van der Waals surface area contributed by atoms with Gasteiger partial charge in [-0.3, -0.25) is 4.57 Å². The van der Waals surface area contributed by atoms with E-state index in [2.05, 4.69) is 7.94 Å². The van der Waals surface area contributed by atoms with Crippen molar-refractivity contribution in [3.8, 4) is 0 Å². The lowest BCUT2D eigenvalue weighted by Crippen LogP contribution is -2.05. The van der Waals surface area contributed by atoms with Gasteiger partial charge in [0.25, 0.3) is 0 Å². The van der Waals surface area contributed by atoms with Crippen molar-refractivity contribution in [3.63, 3.8) is 0 Å². The lowest BCUT2D eigenvalue weighted by molar-refractivity contribution is 0.404. The summed E-state index contributed by atoms with van der Waals surface area (Å²) in [4.78, 5) is -0.511. The van der Waals surface area contributed by atoms with Gasteiger partial charge >= 0.3 is 28.5 Å². The molecule has 7 nitrogen and oxygen atoms in total. The summed E-state index contributed by atoms with van der Waals surface area (Å²) in [6.07, 6.45) is 0. The molecule has 0 spiro atoms. The van der Waals surface area contributed by atoms with Crippen molar-refractivity contribution in [2.75, 3.05) is 0 Å². The maximum atomic E-state index is 11.8. The van der Waals surface area contributed by atoms with E-state index in [9.17, 15) is 21.4 Å². The summed E-state index contributed by atoms with van der Waals surface area (Å²) in [6.45, 7) is 0. The molecule has 0 saturated heterocycles. The van der Waals surface area contributed by atoms with Crippen LogP contribution in [0.2, 0.25) is 0 Å². The molecule has 118 valence electrons. The molecule has 0 unspecified atom stereocenters. The van der Waals surface area contributed by atoms with Gasteiger partial charge in [0.15, 0.2) is 0 Å². The molecular formula is C12H11O7PS2. The summed E-state index contributed by atoms with van der Waals surface area (Å²) >= 11 is 0. The molecule has 0 aliphatic heterocycles. The van der Waals surface area contributed by atoms with E-state index in [-0.39, 0.29) is 9.79 Å². The molecule has 0 saturated carbocycles. The minimum absolute atomic E-state index is 0.256. The first-order valence-electron chi connectivity index (χ1n) is 5.84. The van der Waals surface area contributed by atoms with Gasteiger partial charge in [-0.25, -0.2) is 0 Å². The van der Waals surface area contributed by atoms with Crippen molar-refractivity contribution in [1.29, 1.82) is 0 Å². The van der Waals surface area contributed by atoms with Gasteiger partial charge in [0, 0.05) is 0 Å². The minimum atomic E-state index is -4.37. The van der Waals surface area contributed by atoms with Crippen molar-refractivity contribution < 1.29 is 29.3 Å². The Labute approximate surface area is 128 Å². The fourth-order valence-corrected chi connectivity index (χ4v) is 5.01. The van der Waals surface area contributed by atoms with Crippen LogP contribution in [0.5, 0.6) is 0 Å². The summed E-state index contributed by atoms with van der Waals surface area (Å²) in [7, 11) is -12.6. The van der Waals surface area contributed by atoms with Crippen LogP contribution in [-0.2, 0) is 32.7 Å². The van der Waals surface area contributed by atoms with E-state index in [0.717, 1.165) is 0 Å². The largest absolute Gasteiger partial charge is 0.348 e. The van der Waals surface area contributed by atoms with Gasteiger partial charge in [-0.15, -0.1) is 0 Å². The molecule has 0 N–H and O–H groups in total. The average molecular weight is 362 g/mol. The summed E-state index contributed by atoms with van der Waals surface area (Å²) in [5, 5.41) is 0. The van der Waals surface area contributed by atoms with Crippen LogP contribution in [0.1, 0.15) is 0 Å². The quantitative estimate of drug-likeness (QED) is 0.726. The molecule has 2 aromatic carbocycles. The van der Waals surface area contributed by atoms with E-state index in [4.69, 9.17) is 0 Å². The van der Waals surface area contributed by atoms with E-state index in [1.807, 2.05) is 0 Å². The highest BCUT2D eigenvalue weighted by Gasteiger charge is 2.24. The van der Waals surface area contributed by atoms with E-state index in [0.29, 0.717) is 0 Å². The van der Waals surface area contributed by atoms with Gasteiger partial charge in [0.2, 0.25) is 0 Å². The fourth-order valence-electron chi connectivity index (χ4n) is 1.46. The molecule has 0 aliphatic carbocycles. The van der Waals surface area contributed by atoms with Crippen LogP contribution < -0.4 is 0 Å². The van der Waals surface area contributed by atoms with Gasteiger partial charge in [0.1, 0.15) is 0 Å². The van der Waals surface area contributed by atoms with Gasteiger partial charge in [0.05, 0.1) is 9.79 Å². The minimum Gasteiger partial charge on any atom is -0.261 e. The third-order valence-electron chi connectivity index (χ3n) is 2.42. The maximum Gasteiger partial charge on any atom is 0.348 e. The number of hydrogen-bond acceptors (Lipinski definition) is 7. The third-order valence-corrected chi connectivity index (χ3v) is 6.96. The van der Waals surface area contributed by atoms with Crippen LogP contribution in [-0.4, -0.2) is 16.8 Å². The standard InChI is InChI=1S/C12H11O7PS2/c13-20(18-21(14,15)11-7-3-1-4-8-11)19-22(16,17)12-9-5-2-6-10-12/h1-10,20H. The molecule has 0 radical (unpaired) electrons. The molecule has 22 heavy (non-hydrogen) atoms. The Hall–Kier alpha value is -1.51. The van der Waals surface area contributed by atoms with Crippen molar-refractivity contribution in [3.05, 3.63) is 60.7 Å². The molecular weight excluding hydrogens is 351 g/mol. The van der Waals surface area contributed by atoms with Crippen molar-refractivity contribution >= 4 is 28.5 Å². The van der Waals surface area contributed by atoms with Crippen LogP contribution in [0.15, 0.2) is 70.5 Å². The normalized spacial score (nSPS) is 12.4. The fraction of sp³-hybridized carbons (Fsp3) is 0. The lowest BCUT2D eigenvalue weighted by Gasteiger charge is -2.06.